The summed E-state index contributed by atoms with van der Waals surface area (Å²) in [6.45, 7) is 4.43. The monoisotopic (exact) mass is 276 g/mol. The van der Waals surface area contributed by atoms with Crippen molar-refractivity contribution in [1.29, 1.82) is 0 Å². The van der Waals surface area contributed by atoms with Gasteiger partial charge < -0.3 is 14.6 Å². The minimum atomic E-state index is -0.234. The number of fused-ring (bicyclic) bond motifs is 2. The number of nitrogens with one attached hydrogen (secondary N) is 1. The van der Waals surface area contributed by atoms with Crippen LogP contribution in [0.5, 0.6) is 0 Å². The predicted molar refractivity (Wildman–Crippen MR) is 71.8 cm³/mol. The van der Waals surface area contributed by atoms with Crippen LogP contribution in [0.1, 0.15) is 28.7 Å². The van der Waals surface area contributed by atoms with Gasteiger partial charge in [-0.3, -0.25) is 9.59 Å². The topological polar surface area (TPSA) is 79.7 Å². The number of methoxy groups -OCH3 is 1. The molecule has 0 saturated heterocycles. The average Bonchev–Trinajstić information content (AvgIpc) is 2.92. The van der Waals surface area contributed by atoms with Gasteiger partial charge in [0.15, 0.2) is 0 Å². The van der Waals surface area contributed by atoms with Crippen LogP contribution in [0.2, 0.25) is 0 Å². The number of rotatable bonds is 3. The third kappa shape index (κ3) is 1.74. The molecule has 106 valence electrons. The smallest absolute Gasteiger partial charge is 0.280 e. The second-order valence-corrected chi connectivity index (χ2v) is 5.10. The fourth-order valence-corrected chi connectivity index (χ4v) is 2.58. The number of aromatic amines is 1. The van der Waals surface area contributed by atoms with Gasteiger partial charge in [-0.2, -0.15) is 9.61 Å². The Hall–Kier alpha value is -2.15. The first-order valence-corrected chi connectivity index (χ1v) is 6.44. The third-order valence-electron chi connectivity index (χ3n) is 3.58. The molecule has 0 aromatic carbocycles. The maximum Gasteiger partial charge on any atom is 0.280 e. The average molecular weight is 276 g/mol. The van der Waals surface area contributed by atoms with Crippen molar-refractivity contribution in [2.75, 3.05) is 13.7 Å². The summed E-state index contributed by atoms with van der Waals surface area (Å²) in [7, 11) is 1.59. The molecule has 1 N–H and O–H groups in total. The molecule has 0 fully saturated rings. The van der Waals surface area contributed by atoms with E-state index in [1.54, 1.807) is 25.0 Å². The normalized spacial score (nSPS) is 15.9. The molecule has 0 unspecified atom stereocenters. The first-order valence-electron chi connectivity index (χ1n) is 6.44. The maximum absolute atomic E-state index is 12.4. The molecule has 3 heterocycles. The van der Waals surface area contributed by atoms with Gasteiger partial charge in [-0.05, 0) is 13.8 Å². The van der Waals surface area contributed by atoms with Crippen molar-refractivity contribution in [3.8, 4) is 0 Å². The molecular weight excluding hydrogens is 260 g/mol. The van der Waals surface area contributed by atoms with Crippen molar-refractivity contribution in [3.63, 3.8) is 0 Å². The highest BCUT2D eigenvalue weighted by Gasteiger charge is 2.34. The lowest BCUT2D eigenvalue weighted by atomic mass is 10.2. The van der Waals surface area contributed by atoms with Gasteiger partial charge >= 0.3 is 0 Å². The maximum atomic E-state index is 12.4. The lowest BCUT2D eigenvalue weighted by molar-refractivity contribution is 0.0584. The highest BCUT2D eigenvalue weighted by atomic mass is 16.5. The number of hydrogen-bond donors (Lipinski definition) is 1. The molecule has 0 spiro atoms. The Morgan fingerprint density at radius 3 is 2.95 bits per heavy atom. The molecular formula is C13H16N4O3. The molecule has 0 bridgehead atoms. The minimum Gasteiger partial charge on any atom is -0.383 e. The van der Waals surface area contributed by atoms with Crippen LogP contribution in [0.15, 0.2) is 10.9 Å². The van der Waals surface area contributed by atoms with Crippen LogP contribution in [-0.4, -0.2) is 45.2 Å². The Balaban J connectivity index is 2.10. The Morgan fingerprint density at radius 1 is 1.50 bits per heavy atom. The van der Waals surface area contributed by atoms with Crippen LogP contribution in [0.4, 0.5) is 0 Å². The van der Waals surface area contributed by atoms with E-state index in [4.69, 9.17) is 4.74 Å². The molecule has 7 heteroatoms. The molecule has 2 aromatic heterocycles. The summed E-state index contributed by atoms with van der Waals surface area (Å²) in [5.74, 6) is -0.164. The number of aryl methyl sites for hydroxylation is 1. The number of carbonyl (C=O) groups is 1. The van der Waals surface area contributed by atoms with E-state index in [2.05, 4.69) is 10.1 Å². The number of H-pyrrole nitrogens is 1. The van der Waals surface area contributed by atoms with Crippen molar-refractivity contribution in [2.45, 2.75) is 26.4 Å². The zero-order valence-corrected chi connectivity index (χ0v) is 11.6. The highest BCUT2D eigenvalue weighted by Crippen LogP contribution is 2.21. The van der Waals surface area contributed by atoms with Crippen molar-refractivity contribution < 1.29 is 9.53 Å². The molecule has 1 aliphatic heterocycles. The van der Waals surface area contributed by atoms with Crippen molar-refractivity contribution in [2.24, 2.45) is 0 Å². The van der Waals surface area contributed by atoms with Crippen LogP contribution in [0, 0.1) is 6.92 Å². The molecule has 20 heavy (non-hydrogen) atoms. The minimum absolute atomic E-state index is 0.0817. The van der Waals surface area contributed by atoms with Gasteiger partial charge in [0, 0.05) is 13.2 Å². The Morgan fingerprint density at radius 2 is 2.25 bits per heavy atom. The van der Waals surface area contributed by atoms with Crippen LogP contribution in [0.3, 0.4) is 0 Å². The highest BCUT2D eigenvalue weighted by molar-refractivity contribution is 5.97. The SMILES string of the molecule is COC[C@@H](C)N1Cc2c([nH]c3cc(C)nn3c2=O)C1=O. The van der Waals surface area contributed by atoms with E-state index in [1.165, 1.54) is 4.52 Å². The largest absolute Gasteiger partial charge is 0.383 e. The zero-order valence-electron chi connectivity index (χ0n) is 11.6. The summed E-state index contributed by atoms with van der Waals surface area (Å²) in [6.07, 6.45) is 0. The van der Waals surface area contributed by atoms with Gasteiger partial charge in [-0.1, -0.05) is 0 Å². The number of carbonyl (C=O) groups excluding carboxylic acids is 1. The van der Waals surface area contributed by atoms with Crippen LogP contribution in [-0.2, 0) is 11.3 Å². The van der Waals surface area contributed by atoms with Crippen molar-refractivity contribution in [1.82, 2.24) is 19.5 Å². The molecule has 0 saturated carbocycles. The molecule has 1 atom stereocenters. The first kappa shape index (κ1) is 12.9. The van der Waals surface area contributed by atoms with Gasteiger partial charge in [-0.25, -0.2) is 0 Å². The van der Waals surface area contributed by atoms with Crippen molar-refractivity contribution in [3.05, 3.63) is 33.4 Å². The number of ether oxygens (including phenoxy) is 1. The molecule has 0 radical (unpaired) electrons. The third-order valence-corrected chi connectivity index (χ3v) is 3.58. The second kappa shape index (κ2) is 4.45. The van der Waals surface area contributed by atoms with Gasteiger partial charge in [0.2, 0.25) is 0 Å². The van der Waals surface area contributed by atoms with E-state index in [-0.39, 0.29) is 17.5 Å². The Labute approximate surface area is 115 Å². The van der Waals surface area contributed by atoms with E-state index in [9.17, 15) is 9.59 Å². The number of amides is 1. The second-order valence-electron chi connectivity index (χ2n) is 5.10. The fraction of sp³-hybridized carbons (Fsp3) is 0.462. The van der Waals surface area contributed by atoms with E-state index in [0.29, 0.717) is 30.1 Å². The Bertz CT molecular complexity index is 746. The summed E-state index contributed by atoms with van der Waals surface area (Å²) in [5, 5.41) is 4.14. The zero-order chi connectivity index (χ0) is 14.4. The van der Waals surface area contributed by atoms with Crippen LogP contribution >= 0.6 is 0 Å². The Kier molecular flexibility index (Phi) is 2.86. The van der Waals surface area contributed by atoms with Crippen LogP contribution in [0.25, 0.3) is 5.65 Å². The number of hydrogen-bond acceptors (Lipinski definition) is 4. The summed E-state index contributed by atoms with van der Waals surface area (Å²) in [5.41, 5.74) is 1.88. The number of aromatic nitrogens is 3. The van der Waals surface area contributed by atoms with E-state index < -0.39 is 0 Å². The van der Waals surface area contributed by atoms with Crippen molar-refractivity contribution >= 4 is 11.6 Å². The van der Waals surface area contributed by atoms with Gasteiger partial charge in [0.25, 0.3) is 11.5 Å². The summed E-state index contributed by atoms with van der Waals surface area (Å²) >= 11 is 0. The van der Waals surface area contributed by atoms with Gasteiger partial charge in [-0.15, -0.1) is 0 Å². The van der Waals surface area contributed by atoms with E-state index in [0.717, 1.165) is 5.69 Å². The lowest BCUT2D eigenvalue weighted by Crippen LogP contribution is -2.36. The van der Waals surface area contributed by atoms with E-state index >= 15 is 0 Å². The molecule has 1 amide bonds. The quantitative estimate of drug-likeness (QED) is 0.875. The summed E-state index contributed by atoms with van der Waals surface area (Å²) in [6, 6.07) is 1.66. The molecule has 2 aromatic rings. The molecule has 7 nitrogen and oxygen atoms in total. The molecule has 0 aliphatic carbocycles. The first-order chi connectivity index (χ1) is 9.52. The molecule has 3 rings (SSSR count). The number of nitrogens with zero attached hydrogens (tertiary/aromatic N) is 3. The fourth-order valence-electron chi connectivity index (χ4n) is 2.58. The van der Waals surface area contributed by atoms with Gasteiger partial charge in [0.1, 0.15) is 11.3 Å². The standard InChI is InChI=1S/C13H16N4O3/c1-7-4-10-14-11-9(12(18)17(10)15-7)5-16(13(11)19)8(2)6-20-3/h4,8,14H,5-6H2,1-3H3/t8-/m1/s1. The predicted octanol–water partition coefficient (Wildman–Crippen LogP) is 0.322. The van der Waals surface area contributed by atoms with Gasteiger partial charge in [0.05, 0.1) is 30.5 Å². The van der Waals surface area contributed by atoms with E-state index in [1.807, 2.05) is 6.92 Å². The van der Waals surface area contributed by atoms with Crippen LogP contribution < -0.4 is 5.56 Å². The molecule has 1 aliphatic rings. The summed E-state index contributed by atoms with van der Waals surface area (Å²) in [4.78, 5) is 29.4. The summed E-state index contributed by atoms with van der Waals surface area (Å²) < 4.78 is 6.38. The lowest BCUT2D eigenvalue weighted by Gasteiger charge is -2.22.